The van der Waals surface area contributed by atoms with Crippen LogP contribution in [0.3, 0.4) is 0 Å². The average molecular weight is 295 g/mol. The summed E-state index contributed by atoms with van der Waals surface area (Å²) in [6, 6.07) is 0.00488. The SMILES string of the molecule is C[C@H]1[C@H](C)CCC[C@@H]1NC(=O)CN1CCCC[C@H]1C(N)=O. The summed E-state index contributed by atoms with van der Waals surface area (Å²) in [6.45, 7) is 5.57. The standard InChI is InChI=1S/C16H29N3O2/c1-11-6-5-7-13(12(11)2)18-15(20)10-19-9-4-3-8-14(19)16(17)21/h11-14H,3-10H2,1-2H3,(H2,17,21)(H,18,20)/t11-,12+,13+,14+/m1/s1. The molecule has 5 heteroatoms. The molecule has 3 N–H and O–H groups in total. The monoisotopic (exact) mass is 295 g/mol. The molecule has 1 saturated carbocycles. The van der Waals surface area contributed by atoms with E-state index in [0.29, 0.717) is 18.4 Å². The van der Waals surface area contributed by atoms with Gasteiger partial charge in [-0.25, -0.2) is 0 Å². The second-order valence-electron chi connectivity index (χ2n) is 6.83. The molecule has 1 aliphatic heterocycles. The van der Waals surface area contributed by atoms with Gasteiger partial charge in [-0.3, -0.25) is 14.5 Å². The molecule has 0 spiro atoms. The number of hydrogen-bond donors (Lipinski definition) is 2. The minimum atomic E-state index is -0.304. The Labute approximate surface area is 127 Å². The van der Waals surface area contributed by atoms with Gasteiger partial charge >= 0.3 is 0 Å². The lowest BCUT2D eigenvalue weighted by molar-refractivity contribution is -0.128. The van der Waals surface area contributed by atoms with E-state index in [1.54, 1.807) is 0 Å². The van der Waals surface area contributed by atoms with Crippen molar-refractivity contribution in [2.45, 2.75) is 64.5 Å². The topological polar surface area (TPSA) is 75.4 Å². The lowest BCUT2D eigenvalue weighted by Gasteiger charge is -2.36. The Morgan fingerprint density at radius 3 is 2.62 bits per heavy atom. The van der Waals surface area contributed by atoms with Gasteiger partial charge in [0.1, 0.15) is 0 Å². The molecule has 2 aliphatic rings. The van der Waals surface area contributed by atoms with Crippen molar-refractivity contribution in [1.29, 1.82) is 0 Å². The van der Waals surface area contributed by atoms with E-state index >= 15 is 0 Å². The molecule has 0 unspecified atom stereocenters. The summed E-state index contributed by atoms with van der Waals surface area (Å²) in [5.74, 6) is 0.921. The molecule has 2 amide bonds. The molecule has 1 saturated heterocycles. The van der Waals surface area contributed by atoms with E-state index in [4.69, 9.17) is 5.73 Å². The fourth-order valence-electron chi connectivity index (χ4n) is 3.73. The third-order valence-electron chi connectivity index (χ3n) is 5.34. The van der Waals surface area contributed by atoms with Crippen LogP contribution in [0.25, 0.3) is 0 Å². The van der Waals surface area contributed by atoms with Crippen molar-refractivity contribution in [1.82, 2.24) is 10.2 Å². The van der Waals surface area contributed by atoms with E-state index in [1.165, 1.54) is 12.8 Å². The number of nitrogens with two attached hydrogens (primary N) is 1. The summed E-state index contributed by atoms with van der Waals surface area (Å²) in [7, 11) is 0. The van der Waals surface area contributed by atoms with Crippen LogP contribution in [0.15, 0.2) is 0 Å². The summed E-state index contributed by atoms with van der Waals surface area (Å²) in [5.41, 5.74) is 5.45. The van der Waals surface area contributed by atoms with E-state index in [0.717, 1.165) is 32.2 Å². The van der Waals surface area contributed by atoms with Gasteiger partial charge in [0, 0.05) is 6.04 Å². The fraction of sp³-hybridized carbons (Fsp3) is 0.875. The minimum Gasteiger partial charge on any atom is -0.368 e. The molecule has 5 nitrogen and oxygen atoms in total. The lowest BCUT2D eigenvalue weighted by Crippen LogP contribution is -2.53. The maximum absolute atomic E-state index is 12.3. The molecule has 1 heterocycles. The molecule has 0 bridgehead atoms. The highest BCUT2D eigenvalue weighted by molar-refractivity contribution is 5.82. The second-order valence-corrected chi connectivity index (χ2v) is 6.83. The molecule has 0 aromatic heterocycles. The number of carbonyl (C=O) groups excluding carboxylic acids is 2. The highest BCUT2D eigenvalue weighted by Crippen LogP contribution is 2.29. The zero-order valence-corrected chi connectivity index (χ0v) is 13.3. The summed E-state index contributed by atoms with van der Waals surface area (Å²) in [5, 5.41) is 3.17. The van der Waals surface area contributed by atoms with E-state index in [-0.39, 0.29) is 23.9 Å². The quantitative estimate of drug-likeness (QED) is 0.820. The summed E-state index contributed by atoms with van der Waals surface area (Å²) < 4.78 is 0. The van der Waals surface area contributed by atoms with Gasteiger partial charge in [-0.05, 0) is 37.6 Å². The van der Waals surface area contributed by atoms with Crippen LogP contribution in [0.4, 0.5) is 0 Å². The van der Waals surface area contributed by atoms with Crippen LogP contribution in [0.2, 0.25) is 0 Å². The number of piperidine rings is 1. The first-order valence-corrected chi connectivity index (χ1v) is 8.31. The Hall–Kier alpha value is -1.10. The normalized spacial score (nSPS) is 34.4. The number of primary amides is 1. The van der Waals surface area contributed by atoms with E-state index in [2.05, 4.69) is 19.2 Å². The number of likely N-dealkylation sites (tertiary alicyclic amines) is 1. The van der Waals surface area contributed by atoms with Crippen molar-refractivity contribution in [3.63, 3.8) is 0 Å². The molecule has 120 valence electrons. The van der Waals surface area contributed by atoms with Gasteiger partial charge in [-0.1, -0.05) is 33.1 Å². The van der Waals surface area contributed by atoms with Crippen molar-refractivity contribution in [2.24, 2.45) is 17.6 Å². The molecular weight excluding hydrogens is 266 g/mol. The number of nitrogens with zero attached hydrogens (tertiary/aromatic N) is 1. The summed E-state index contributed by atoms with van der Waals surface area (Å²) >= 11 is 0. The predicted octanol–water partition coefficient (Wildman–Crippen LogP) is 1.27. The Balaban J connectivity index is 1.87. The zero-order valence-electron chi connectivity index (χ0n) is 13.3. The number of carbonyl (C=O) groups is 2. The Morgan fingerprint density at radius 1 is 1.14 bits per heavy atom. The highest BCUT2D eigenvalue weighted by Gasteiger charge is 2.31. The Bertz CT molecular complexity index is 386. The van der Waals surface area contributed by atoms with Crippen molar-refractivity contribution >= 4 is 11.8 Å². The first-order valence-electron chi connectivity index (χ1n) is 8.31. The molecule has 0 aromatic carbocycles. The molecule has 2 fully saturated rings. The summed E-state index contributed by atoms with van der Waals surface area (Å²) in [4.78, 5) is 25.7. The van der Waals surface area contributed by atoms with Crippen LogP contribution in [0.5, 0.6) is 0 Å². The van der Waals surface area contributed by atoms with Crippen LogP contribution in [-0.4, -0.2) is 41.9 Å². The van der Waals surface area contributed by atoms with Crippen molar-refractivity contribution in [3.05, 3.63) is 0 Å². The number of hydrogen-bond acceptors (Lipinski definition) is 3. The van der Waals surface area contributed by atoms with E-state index < -0.39 is 0 Å². The maximum Gasteiger partial charge on any atom is 0.234 e. The Kier molecular flexibility index (Phi) is 5.62. The number of nitrogens with one attached hydrogen (secondary N) is 1. The minimum absolute atomic E-state index is 0.0362. The van der Waals surface area contributed by atoms with Gasteiger partial charge in [0.2, 0.25) is 11.8 Å². The van der Waals surface area contributed by atoms with Gasteiger partial charge in [-0.15, -0.1) is 0 Å². The van der Waals surface area contributed by atoms with E-state index in [1.807, 2.05) is 4.90 Å². The van der Waals surface area contributed by atoms with Crippen LogP contribution >= 0.6 is 0 Å². The van der Waals surface area contributed by atoms with Crippen LogP contribution in [-0.2, 0) is 9.59 Å². The zero-order chi connectivity index (χ0) is 15.4. The predicted molar refractivity (Wildman–Crippen MR) is 82.5 cm³/mol. The molecule has 2 rings (SSSR count). The van der Waals surface area contributed by atoms with Crippen LogP contribution in [0, 0.1) is 11.8 Å². The first kappa shape index (κ1) is 16.3. The molecule has 21 heavy (non-hydrogen) atoms. The molecule has 0 aromatic rings. The molecule has 0 radical (unpaired) electrons. The molecular formula is C16H29N3O2. The van der Waals surface area contributed by atoms with Gasteiger partial charge in [0.25, 0.3) is 0 Å². The maximum atomic E-state index is 12.3. The van der Waals surface area contributed by atoms with Gasteiger partial charge < -0.3 is 11.1 Å². The van der Waals surface area contributed by atoms with Crippen molar-refractivity contribution in [3.8, 4) is 0 Å². The number of amides is 2. The first-order chi connectivity index (χ1) is 9.99. The second kappa shape index (κ2) is 7.25. The van der Waals surface area contributed by atoms with Crippen molar-refractivity contribution in [2.75, 3.05) is 13.1 Å². The van der Waals surface area contributed by atoms with E-state index in [9.17, 15) is 9.59 Å². The van der Waals surface area contributed by atoms with Gasteiger partial charge in [0.05, 0.1) is 12.6 Å². The molecule has 4 atom stereocenters. The number of rotatable bonds is 4. The summed E-state index contributed by atoms with van der Waals surface area (Å²) in [6.07, 6.45) is 6.33. The van der Waals surface area contributed by atoms with Crippen LogP contribution < -0.4 is 11.1 Å². The fourth-order valence-corrected chi connectivity index (χ4v) is 3.73. The third-order valence-corrected chi connectivity index (χ3v) is 5.34. The lowest BCUT2D eigenvalue weighted by atomic mass is 9.78. The highest BCUT2D eigenvalue weighted by atomic mass is 16.2. The largest absolute Gasteiger partial charge is 0.368 e. The Morgan fingerprint density at radius 2 is 1.90 bits per heavy atom. The van der Waals surface area contributed by atoms with Crippen molar-refractivity contribution < 1.29 is 9.59 Å². The van der Waals surface area contributed by atoms with Gasteiger partial charge in [0.15, 0.2) is 0 Å². The van der Waals surface area contributed by atoms with Gasteiger partial charge in [-0.2, -0.15) is 0 Å². The average Bonchev–Trinajstić information content (AvgIpc) is 2.44. The van der Waals surface area contributed by atoms with Crippen LogP contribution in [0.1, 0.15) is 52.4 Å². The molecule has 1 aliphatic carbocycles. The smallest absolute Gasteiger partial charge is 0.234 e. The third kappa shape index (κ3) is 4.19.